The molecule has 0 N–H and O–H groups in total. The standard InChI is InChI=1S/C11H9NS/c1-2-5-10(6-3-1)13-11-7-4-8-12-9-11/h1-9H. The fraction of sp³-hybridized carbons (Fsp3) is 0. The van der Waals surface area contributed by atoms with Crippen LogP contribution in [0.15, 0.2) is 64.6 Å². The van der Waals surface area contributed by atoms with Gasteiger partial charge in [-0.25, -0.2) is 0 Å². The zero-order valence-electron chi connectivity index (χ0n) is 7.05. The molecule has 1 aromatic heterocycles. The van der Waals surface area contributed by atoms with Gasteiger partial charge in [0.25, 0.3) is 0 Å². The number of benzene rings is 1. The Morgan fingerprint density at radius 1 is 0.846 bits per heavy atom. The van der Waals surface area contributed by atoms with Crippen molar-refractivity contribution in [1.82, 2.24) is 4.98 Å². The lowest BCUT2D eigenvalue weighted by Crippen LogP contribution is -1.73. The molecule has 0 aliphatic carbocycles. The van der Waals surface area contributed by atoms with Crippen molar-refractivity contribution in [3.63, 3.8) is 0 Å². The van der Waals surface area contributed by atoms with Gasteiger partial charge in [0, 0.05) is 22.2 Å². The summed E-state index contributed by atoms with van der Waals surface area (Å²) in [6, 6.07) is 14.3. The van der Waals surface area contributed by atoms with Gasteiger partial charge in [0.1, 0.15) is 0 Å². The van der Waals surface area contributed by atoms with Gasteiger partial charge in [0.05, 0.1) is 0 Å². The van der Waals surface area contributed by atoms with Crippen molar-refractivity contribution >= 4 is 11.8 Å². The third-order valence-corrected chi connectivity index (χ3v) is 2.60. The van der Waals surface area contributed by atoms with Crippen molar-refractivity contribution in [3.05, 3.63) is 54.9 Å². The Bertz CT molecular complexity index is 321. The first kappa shape index (κ1) is 8.32. The molecule has 64 valence electrons. The maximum atomic E-state index is 4.06. The van der Waals surface area contributed by atoms with E-state index < -0.39 is 0 Å². The molecular formula is C11H9NS. The molecule has 0 amide bonds. The van der Waals surface area contributed by atoms with Gasteiger partial charge < -0.3 is 0 Å². The van der Waals surface area contributed by atoms with Crippen molar-refractivity contribution in [2.75, 3.05) is 0 Å². The molecule has 1 aromatic carbocycles. The van der Waals surface area contributed by atoms with Crippen LogP contribution in [0.3, 0.4) is 0 Å². The number of hydrogen-bond donors (Lipinski definition) is 0. The van der Waals surface area contributed by atoms with Gasteiger partial charge in [0.2, 0.25) is 0 Å². The minimum atomic E-state index is 1.17. The van der Waals surface area contributed by atoms with Crippen LogP contribution in [0, 0.1) is 0 Å². The third kappa shape index (κ3) is 2.33. The third-order valence-electron chi connectivity index (χ3n) is 1.61. The van der Waals surface area contributed by atoms with Crippen LogP contribution in [-0.2, 0) is 0 Å². The Kier molecular flexibility index (Phi) is 2.62. The Morgan fingerprint density at radius 2 is 1.62 bits per heavy atom. The van der Waals surface area contributed by atoms with Crippen molar-refractivity contribution in [2.45, 2.75) is 9.79 Å². The highest BCUT2D eigenvalue weighted by molar-refractivity contribution is 7.99. The molecule has 2 aromatic rings. The summed E-state index contributed by atoms with van der Waals surface area (Å²) in [6.45, 7) is 0. The van der Waals surface area contributed by atoms with E-state index in [4.69, 9.17) is 0 Å². The normalized spacial score (nSPS) is 9.85. The first-order chi connectivity index (χ1) is 6.45. The molecule has 2 rings (SSSR count). The van der Waals surface area contributed by atoms with E-state index in [0.717, 1.165) is 0 Å². The highest BCUT2D eigenvalue weighted by Gasteiger charge is 1.94. The van der Waals surface area contributed by atoms with Crippen molar-refractivity contribution < 1.29 is 0 Å². The number of pyridine rings is 1. The molecule has 0 unspecified atom stereocenters. The Balaban J connectivity index is 2.16. The maximum Gasteiger partial charge on any atom is 0.0407 e. The van der Waals surface area contributed by atoms with E-state index in [-0.39, 0.29) is 0 Å². The highest BCUT2D eigenvalue weighted by atomic mass is 32.2. The summed E-state index contributed by atoms with van der Waals surface area (Å²) in [5.74, 6) is 0. The molecule has 0 aliphatic rings. The second-order valence-electron chi connectivity index (χ2n) is 2.60. The second-order valence-corrected chi connectivity index (χ2v) is 3.75. The molecule has 0 spiro atoms. The van der Waals surface area contributed by atoms with Crippen LogP contribution in [0.5, 0.6) is 0 Å². The Hall–Kier alpha value is -1.28. The van der Waals surface area contributed by atoms with Gasteiger partial charge in [-0.2, -0.15) is 0 Å². The van der Waals surface area contributed by atoms with Crippen LogP contribution < -0.4 is 0 Å². The predicted octanol–water partition coefficient (Wildman–Crippen LogP) is 3.23. The minimum absolute atomic E-state index is 1.17. The molecule has 0 saturated carbocycles. The summed E-state index contributed by atoms with van der Waals surface area (Å²) in [5, 5.41) is 0. The van der Waals surface area contributed by atoms with Gasteiger partial charge in [-0.3, -0.25) is 4.98 Å². The van der Waals surface area contributed by atoms with E-state index in [9.17, 15) is 0 Å². The largest absolute Gasteiger partial charge is 0.264 e. The zero-order valence-corrected chi connectivity index (χ0v) is 7.87. The lowest BCUT2D eigenvalue weighted by Gasteiger charge is -1.98. The van der Waals surface area contributed by atoms with Crippen LogP contribution >= 0.6 is 11.8 Å². The highest BCUT2D eigenvalue weighted by Crippen LogP contribution is 2.25. The lowest BCUT2D eigenvalue weighted by atomic mass is 10.4. The first-order valence-corrected chi connectivity index (χ1v) is 4.90. The van der Waals surface area contributed by atoms with Crippen LogP contribution in [0.2, 0.25) is 0 Å². The molecule has 1 heterocycles. The van der Waals surface area contributed by atoms with E-state index in [1.807, 2.05) is 30.5 Å². The average molecular weight is 187 g/mol. The summed E-state index contributed by atoms with van der Waals surface area (Å²) >= 11 is 1.73. The van der Waals surface area contributed by atoms with Crippen LogP contribution in [0.4, 0.5) is 0 Å². The smallest absolute Gasteiger partial charge is 0.0407 e. The summed E-state index contributed by atoms with van der Waals surface area (Å²) < 4.78 is 0. The molecule has 1 nitrogen and oxygen atoms in total. The number of hydrogen-bond acceptors (Lipinski definition) is 2. The molecular weight excluding hydrogens is 178 g/mol. The van der Waals surface area contributed by atoms with E-state index >= 15 is 0 Å². The molecule has 13 heavy (non-hydrogen) atoms. The first-order valence-electron chi connectivity index (χ1n) is 4.08. The Labute approximate surface area is 81.8 Å². The maximum absolute atomic E-state index is 4.06. The zero-order chi connectivity index (χ0) is 8.93. The van der Waals surface area contributed by atoms with E-state index in [1.165, 1.54) is 9.79 Å². The average Bonchev–Trinajstić information content (AvgIpc) is 2.21. The van der Waals surface area contributed by atoms with Crippen molar-refractivity contribution in [3.8, 4) is 0 Å². The Morgan fingerprint density at radius 3 is 2.31 bits per heavy atom. The van der Waals surface area contributed by atoms with Crippen LogP contribution in [-0.4, -0.2) is 4.98 Å². The lowest BCUT2D eigenvalue weighted by molar-refractivity contribution is 1.23. The molecule has 0 atom stereocenters. The van der Waals surface area contributed by atoms with Crippen molar-refractivity contribution in [2.24, 2.45) is 0 Å². The monoisotopic (exact) mass is 187 g/mol. The molecule has 2 heteroatoms. The SMILES string of the molecule is c1ccc(Sc2cccnc2)cc1. The second kappa shape index (κ2) is 4.10. The molecule has 0 saturated heterocycles. The summed E-state index contributed by atoms with van der Waals surface area (Å²) in [4.78, 5) is 6.48. The molecule has 0 radical (unpaired) electrons. The van der Waals surface area contributed by atoms with Crippen molar-refractivity contribution in [1.29, 1.82) is 0 Å². The predicted molar refractivity (Wildman–Crippen MR) is 54.8 cm³/mol. The quantitative estimate of drug-likeness (QED) is 0.716. The van der Waals surface area contributed by atoms with Gasteiger partial charge >= 0.3 is 0 Å². The van der Waals surface area contributed by atoms with E-state index in [2.05, 4.69) is 23.2 Å². The van der Waals surface area contributed by atoms with Gasteiger partial charge in [0.15, 0.2) is 0 Å². The van der Waals surface area contributed by atoms with E-state index in [0.29, 0.717) is 0 Å². The van der Waals surface area contributed by atoms with Gasteiger partial charge in [-0.05, 0) is 24.3 Å². The topological polar surface area (TPSA) is 12.9 Å². The number of rotatable bonds is 2. The van der Waals surface area contributed by atoms with Crippen LogP contribution in [0.1, 0.15) is 0 Å². The fourth-order valence-corrected chi connectivity index (χ4v) is 1.86. The van der Waals surface area contributed by atoms with E-state index in [1.54, 1.807) is 18.0 Å². The van der Waals surface area contributed by atoms with Crippen LogP contribution in [0.25, 0.3) is 0 Å². The summed E-state index contributed by atoms with van der Waals surface area (Å²) in [5.41, 5.74) is 0. The molecule has 0 fully saturated rings. The fourth-order valence-electron chi connectivity index (χ4n) is 1.03. The summed E-state index contributed by atoms with van der Waals surface area (Å²) in [7, 11) is 0. The molecule has 0 bridgehead atoms. The minimum Gasteiger partial charge on any atom is -0.264 e. The molecule has 0 aliphatic heterocycles. The number of nitrogens with zero attached hydrogens (tertiary/aromatic N) is 1. The summed E-state index contributed by atoms with van der Waals surface area (Å²) in [6.07, 6.45) is 3.66. The van der Waals surface area contributed by atoms with Gasteiger partial charge in [-0.1, -0.05) is 30.0 Å². The number of aromatic nitrogens is 1. The van der Waals surface area contributed by atoms with Gasteiger partial charge in [-0.15, -0.1) is 0 Å².